The van der Waals surface area contributed by atoms with Crippen LogP contribution in [0.25, 0.3) is 17.3 Å². The molecule has 0 amide bonds. The molecule has 19 heavy (non-hydrogen) atoms. The number of rotatable bonds is 0. The average Bonchev–Trinajstić information content (AvgIpc) is 2.75. The lowest BCUT2D eigenvalue weighted by atomic mass is 10.0. The molecule has 2 heterocycles. The van der Waals surface area contributed by atoms with Crippen LogP contribution in [0.1, 0.15) is 5.69 Å². The number of halogens is 2. The molecule has 1 aromatic carbocycles. The number of aryl methyl sites for hydroxylation is 1. The van der Waals surface area contributed by atoms with E-state index < -0.39 is 6.05 Å². The first-order chi connectivity index (χ1) is 9.00. The topological polar surface area (TPSA) is 34.0 Å². The van der Waals surface area contributed by atoms with Gasteiger partial charge in [-0.05, 0) is 12.1 Å². The first-order valence-corrected chi connectivity index (χ1v) is 5.80. The second kappa shape index (κ2) is 3.88. The van der Waals surface area contributed by atoms with Gasteiger partial charge in [-0.2, -0.15) is 8.78 Å². The Labute approximate surface area is 109 Å². The Morgan fingerprint density at radius 1 is 1.16 bits per heavy atom. The lowest BCUT2D eigenvalue weighted by molar-refractivity contribution is 0.0574. The van der Waals surface area contributed by atoms with Gasteiger partial charge in [-0.25, -0.2) is 4.68 Å². The second-order valence-corrected chi connectivity index (χ2v) is 4.44. The van der Waals surface area contributed by atoms with Gasteiger partial charge in [-0.3, -0.25) is 0 Å². The van der Waals surface area contributed by atoms with Crippen LogP contribution in [-0.2, 0) is 7.05 Å². The van der Waals surface area contributed by atoms with E-state index in [0.29, 0.717) is 22.6 Å². The number of alkyl halides is 2. The van der Waals surface area contributed by atoms with Crippen LogP contribution in [0.5, 0.6) is 0 Å². The molecule has 2 aromatic rings. The summed E-state index contributed by atoms with van der Waals surface area (Å²) < 4.78 is 29.6. The number of aromatic nitrogens is 3. The number of para-hydroxylation sites is 1. The van der Waals surface area contributed by atoms with Crippen LogP contribution in [0.2, 0.25) is 0 Å². The van der Waals surface area contributed by atoms with Crippen LogP contribution in [0, 0.1) is 0 Å². The van der Waals surface area contributed by atoms with Crippen molar-refractivity contribution in [1.29, 1.82) is 0 Å². The Morgan fingerprint density at radius 2 is 1.89 bits per heavy atom. The summed E-state index contributed by atoms with van der Waals surface area (Å²) in [5.41, 5.74) is 2.26. The fourth-order valence-corrected chi connectivity index (χ4v) is 2.16. The van der Waals surface area contributed by atoms with Gasteiger partial charge in [-0.1, -0.05) is 23.4 Å². The molecule has 0 unspecified atom stereocenters. The van der Waals surface area contributed by atoms with E-state index in [-0.39, 0.29) is 0 Å². The van der Waals surface area contributed by atoms with Crippen molar-refractivity contribution in [2.45, 2.75) is 6.05 Å². The maximum Gasteiger partial charge on any atom is 0.346 e. The highest BCUT2D eigenvalue weighted by Crippen LogP contribution is 2.38. The Bertz CT molecular complexity index is 660. The zero-order valence-electron chi connectivity index (χ0n) is 10.5. The Kier molecular flexibility index (Phi) is 2.41. The van der Waals surface area contributed by atoms with Crippen LogP contribution < -0.4 is 4.90 Å². The third-order valence-corrected chi connectivity index (χ3v) is 3.28. The molecule has 0 N–H and O–H groups in total. The van der Waals surface area contributed by atoms with Gasteiger partial charge in [0, 0.05) is 25.7 Å². The van der Waals surface area contributed by atoms with Gasteiger partial charge in [0.05, 0.1) is 11.4 Å². The zero-order chi connectivity index (χ0) is 13.6. The number of nitrogens with zero attached hydrogens (tertiary/aromatic N) is 4. The maximum atomic E-state index is 14.0. The molecule has 0 atom stereocenters. The minimum atomic E-state index is -3.06. The fraction of sp³-hybridized carbons (Fsp3) is 0.231. The van der Waals surface area contributed by atoms with Gasteiger partial charge in [-0.15, -0.1) is 5.10 Å². The van der Waals surface area contributed by atoms with Crippen LogP contribution in [0.15, 0.2) is 30.3 Å². The zero-order valence-corrected chi connectivity index (χ0v) is 10.5. The molecule has 0 fully saturated rings. The normalized spacial score (nSPS) is 18.2. The molecule has 0 aliphatic carbocycles. The Morgan fingerprint density at radius 3 is 2.68 bits per heavy atom. The number of hydrogen-bond acceptors (Lipinski definition) is 3. The van der Waals surface area contributed by atoms with Crippen molar-refractivity contribution in [3.8, 4) is 11.3 Å². The number of benzene rings is 1. The van der Waals surface area contributed by atoms with E-state index >= 15 is 0 Å². The van der Waals surface area contributed by atoms with E-state index in [9.17, 15) is 8.78 Å². The highest BCUT2D eigenvalue weighted by Gasteiger charge is 2.35. The average molecular weight is 262 g/mol. The summed E-state index contributed by atoms with van der Waals surface area (Å²) in [6.45, 7) is 0. The lowest BCUT2D eigenvalue weighted by Gasteiger charge is -2.29. The van der Waals surface area contributed by atoms with Crippen molar-refractivity contribution in [3.05, 3.63) is 36.0 Å². The van der Waals surface area contributed by atoms with Gasteiger partial charge in [0.2, 0.25) is 0 Å². The van der Waals surface area contributed by atoms with Crippen molar-refractivity contribution < 1.29 is 8.78 Å². The van der Waals surface area contributed by atoms with Crippen LogP contribution in [0.3, 0.4) is 0 Å². The number of fused-ring (bicyclic) bond motifs is 3. The number of hydrogen-bond donors (Lipinski definition) is 0. The molecule has 0 saturated heterocycles. The SMILES string of the molecule is CN1c2ccccc2-c2nnn(C)c2/C=C\C1(F)F. The van der Waals surface area contributed by atoms with Gasteiger partial charge in [0.25, 0.3) is 0 Å². The second-order valence-electron chi connectivity index (χ2n) is 4.44. The van der Waals surface area contributed by atoms with Crippen molar-refractivity contribution in [2.75, 3.05) is 11.9 Å². The van der Waals surface area contributed by atoms with Gasteiger partial charge in [0.15, 0.2) is 0 Å². The summed E-state index contributed by atoms with van der Waals surface area (Å²) >= 11 is 0. The van der Waals surface area contributed by atoms with Crippen LogP contribution >= 0.6 is 0 Å². The molecule has 6 heteroatoms. The van der Waals surface area contributed by atoms with E-state index in [1.165, 1.54) is 17.8 Å². The predicted molar refractivity (Wildman–Crippen MR) is 68.8 cm³/mol. The lowest BCUT2D eigenvalue weighted by Crippen LogP contribution is -2.37. The molecule has 0 saturated carbocycles. The van der Waals surface area contributed by atoms with E-state index in [2.05, 4.69) is 10.3 Å². The van der Waals surface area contributed by atoms with Gasteiger partial charge in [0.1, 0.15) is 5.69 Å². The number of anilines is 1. The predicted octanol–water partition coefficient (Wildman–Crippen LogP) is 2.54. The summed E-state index contributed by atoms with van der Waals surface area (Å²) in [6.07, 6.45) is 2.23. The van der Waals surface area contributed by atoms with E-state index in [1.807, 2.05) is 0 Å². The summed E-state index contributed by atoms with van der Waals surface area (Å²) in [5.74, 6) is 0. The van der Waals surface area contributed by atoms with Crippen molar-refractivity contribution in [3.63, 3.8) is 0 Å². The van der Waals surface area contributed by atoms with Crippen molar-refractivity contribution in [2.24, 2.45) is 7.05 Å². The molecule has 0 bridgehead atoms. The molecule has 0 radical (unpaired) electrons. The standard InChI is InChI=1S/C13H12F2N4/c1-18-10-6-4-3-5-9(10)12-11(19(2)17-16-12)7-8-13(18,14)15/h3-8H,1-2H3/b8-7-. The highest BCUT2D eigenvalue weighted by molar-refractivity contribution is 5.82. The summed E-state index contributed by atoms with van der Waals surface area (Å²) in [7, 11) is 3.05. The van der Waals surface area contributed by atoms with E-state index in [0.717, 1.165) is 11.0 Å². The maximum absolute atomic E-state index is 14.0. The minimum Gasteiger partial charge on any atom is -0.312 e. The van der Waals surface area contributed by atoms with Crippen LogP contribution in [-0.4, -0.2) is 28.1 Å². The molecule has 0 spiro atoms. The Hall–Kier alpha value is -2.24. The van der Waals surface area contributed by atoms with Crippen molar-refractivity contribution >= 4 is 11.8 Å². The van der Waals surface area contributed by atoms with Gasteiger partial charge < -0.3 is 4.90 Å². The number of likely N-dealkylation sites (N-methyl/N-ethyl adjacent to an activating group) is 1. The molecule has 1 aliphatic heterocycles. The third-order valence-electron chi connectivity index (χ3n) is 3.28. The first-order valence-electron chi connectivity index (χ1n) is 5.80. The first kappa shape index (κ1) is 11.8. The van der Waals surface area contributed by atoms with E-state index in [1.54, 1.807) is 31.3 Å². The largest absolute Gasteiger partial charge is 0.346 e. The summed E-state index contributed by atoms with van der Waals surface area (Å²) in [4.78, 5) is 0.941. The molecule has 1 aliphatic rings. The quantitative estimate of drug-likeness (QED) is 0.684. The van der Waals surface area contributed by atoms with Crippen molar-refractivity contribution in [1.82, 2.24) is 15.0 Å². The Balaban J connectivity index is 2.34. The van der Waals surface area contributed by atoms with Crippen LogP contribution in [0.4, 0.5) is 14.5 Å². The third kappa shape index (κ3) is 1.71. The minimum absolute atomic E-state index is 0.429. The molecule has 3 rings (SSSR count). The van der Waals surface area contributed by atoms with E-state index in [4.69, 9.17) is 0 Å². The monoisotopic (exact) mass is 262 g/mol. The molecule has 1 aromatic heterocycles. The molecular weight excluding hydrogens is 250 g/mol. The highest BCUT2D eigenvalue weighted by atomic mass is 19.3. The smallest absolute Gasteiger partial charge is 0.312 e. The molecule has 4 nitrogen and oxygen atoms in total. The summed E-state index contributed by atoms with van der Waals surface area (Å²) in [5, 5.41) is 7.98. The molecule has 98 valence electrons. The summed E-state index contributed by atoms with van der Waals surface area (Å²) in [6, 6.07) is 3.90. The molecular formula is C13H12F2N4. The van der Waals surface area contributed by atoms with Gasteiger partial charge >= 0.3 is 6.05 Å². The fourth-order valence-electron chi connectivity index (χ4n) is 2.16.